The maximum atomic E-state index is 14.1. The van der Waals surface area contributed by atoms with Crippen LogP contribution >= 0.6 is 24.0 Å². The third-order valence-electron chi connectivity index (χ3n) is 5.27. The highest BCUT2D eigenvalue weighted by atomic mass is 127. The van der Waals surface area contributed by atoms with Crippen LogP contribution in [0.4, 0.5) is 4.39 Å². The van der Waals surface area contributed by atoms with Crippen molar-refractivity contribution in [1.82, 2.24) is 10.6 Å². The monoisotopic (exact) mass is 505 g/mol. The lowest BCUT2D eigenvalue weighted by atomic mass is 9.95. The zero-order chi connectivity index (χ0) is 19.0. The highest BCUT2D eigenvalue weighted by Gasteiger charge is 2.45. The molecule has 3 rings (SSSR count). The van der Waals surface area contributed by atoms with Crippen molar-refractivity contribution < 1.29 is 13.9 Å². The molecular weight excluding hydrogens is 472 g/mol. The van der Waals surface area contributed by atoms with Crippen LogP contribution < -0.4 is 10.6 Å². The molecule has 1 aromatic rings. The Labute approximate surface area is 184 Å². The molecule has 1 aromatic carbocycles. The van der Waals surface area contributed by atoms with E-state index in [0.29, 0.717) is 19.8 Å². The molecule has 0 aromatic heterocycles. The van der Waals surface area contributed by atoms with Crippen molar-refractivity contribution in [2.24, 2.45) is 4.99 Å². The van der Waals surface area contributed by atoms with Crippen molar-refractivity contribution in [3.8, 4) is 0 Å². The fourth-order valence-corrected chi connectivity index (χ4v) is 3.50. The van der Waals surface area contributed by atoms with Crippen LogP contribution in [0.2, 0.25) is 0 Å². The number of guanidine groups is 1. The molecule has 2 fully saturated rings. The fraction of sp³-hybridized carbons (Fsp3) is 0.667. The Kier molecular flexibility index (Phi) is 9.94. The Balaban J connectivity index is 0.00000280. The predicted octanol–water partition coefficient (Wildman–Crippen LogP) is 3.62. The highest BCUT2D eigenvalue weighted by Crippen LogP contribution is 2.49. The maximum absolute atomic E-state index is 14.1. The first-order chi connectivity index (χ1) is 13.2. The summed E-state index contributed by atoms with van der Waals surface area (Å²) in [6, 6.07) is 7.08. The lowest BCUT2D eigenvalue weighted by Crippen LogP contribution is -2.38. The van der Waals surface area contributed by atoms with E-state index in [9.17, 15) is 4.39 Å². The summed E-state index contributed by atoms with van der Waals surface area (Å²) in [6.07, 6.45) is 5.44. The number of aliphatic imine (C=N–C) groups is 1. The Morgan fingerprint density at radius 2 is 2.14 bits per heavy atom. The van der Waals surface area contributed by atoms with Crippen LogP contribution in [0.15, 0.2) is 29.3 Å². The van der Waals surface area contributed by atoms with Crippen LogP contribution in [-0.2, 0) is 14.9 Å². The molecule has 2 N–H and O–H groups in total. The van der Waals surface area contributed by atoms with E-state index in [1.54, 1.807) is 12.1 Å². The third-order valence-corrected chi connectivity index (χ3v) is 5.27. The molecule has 0 bridgehead atoms. The average Bonchev–Trinajstić information content (AvgIpc) is 3.28. The normalized spacial score (nSPS) is 20.5. The molecule has 5 nitrogen and oxygen atoms in total. The zero-order valence-corrected chi connectivity index (χ0v) is 19.0. The van der Waals surface area contributed by atoms with Gasteiger partial charge in [-0.3, -0.25) is 4.99 Å². The molecule has 1 saturated heterocycles. The number of ether oxygens (including phenoxy) is 2. The molecule has 2 aliphatic rings. The summed E-state index contributed by atoms with van der Waals surface area (Å²) < 4.78 is 25.4. The zero-order valence-electron chi connectivity index (χ0n) is 16.7. The van der Waals surface area contributed by atoms with Gasteiger partial charge in [0.2, 0.25) is 0 Å². The number of hydrogen-bond donors (Lipinski definition) is 2. The number of nitrogens with one attached hydrogen (secondary N) is 2. The van der Waals surface area contributed by atoms with Gasteiger partial charge in [-0.25, -0.2) is 4.39 Å². The fourth-order valence-electron chi connectivity index (χ4n) is 3.50. The van der Waals surface area contributed by atoms with Crippen molar-refractivity contribution >= 4 is 29.9 Å². The topological polar surface area (TPSA) is 54.9 Å². The van der Waals surface area contributed by atoms with Gasteiger partial charge in [0.1, 0.15) is 5.82 Å². The molecule has 1 heterocycles. The summed E-state index contributed by atoms with van der Waals surface area (Å²) in [5.74, 6) is 0.672. The van der Waals surface area contributed by atoms with Gasteiger partial charge in [0.15, 0.2) is 5.96 Å². The number of halogens is 2. The molecular formula is C21H33FIN3O2. The molecule has 1 aliphatic heterocycles. The molecule has 28 heavy (non-hydrogen) atoms. The van der Waals surface area contributed by atoms with Crippen molar-refractivity contribution in [1.29, 1.82) is 0 Å². The molecule has 158 valence electrons. The van der Waals surface area contributed by atoms with Crippen molar-refractivity contribution in [2.45, 2.75) is 50.5 Å². The number of benzene rings is 1. The van der Waals surface area contributed by atoms with Gasteiger partial charge in [-0.15, -0.1) is 24.0 Å². The number of hydrogen-bond acceptors (Lipinski definition) is 3. The highest BCUT2D eigenvalue weighted by molar-refractivity contribution is 14.0. The van der Waals surface area contributed by atoms with Gasteiger partial charge in [0, 0.05) is 31.7 Å². The second kappa shape index (κ2) is 11.9. The SMILES string of the molecule is CCNC(=NCC1(c2ccccc2F)CC1)NCCCOCC1CCCO1.I. The van der Waals surface area contributed by atoms with Crippen molar-refractivity contribution in [2.75, 3.05) is 39.5 Å². The smallest absolute Gasteiger partial charge is 0.191 e. The van der Waals surface area contributed by atoms with Gasteiger partial charge in [-0.1, -0.05) is 18.2 Å². The van der Waals surface area contributed by atoms with E-state index < -0.39 is 0 Å². The maximum Gasteiger partial charge on any atom is 0.191 e. The van der Waals surface area contributed by atoms with Crippen molar-refractivity contribution in [3.05, 3.63) is 35.6 Å². The summed E-state index contributed by atoms with van der Waals surface area (Å²) >= 11 is 0. The van der Waals surface area contributed by atoms with E-state index >= 15 is 0 Å². The van der Waals surface area contributed by atoms with Gasteiger partial charge in [0.05, 0.1) is 19.3 Å². The van der Waals surface area contributed by atoms with E-state index in [0.717, 1.165) is 63.3 Å². The summed E-state index contributed by atoms with van der Waals surface area (Å²) in [6.45, 7) is 6.53. The summed E-state index contributed by atoms with van der Waals surface area (Å²) in [5, 5.41) is 6.62. The Bertz CT molecular complexity index is 619. The number of nitrogens with zero attached hydrogens (tertiary/aromatic N) is 1. The van der Waals surface area contributed by atoms with E-state index in [1.807, 2.05) is 19.1 Å². The van der Waals surface area contributed by atoms with Gasteiger partial charge >= 0.3 is 0 Å². The minimum atomic E-state index is -0.127. The summed E-state index contributed by atoms with van der Waals surface area (Å²) in [7, 11) is 0. The largest absolute Gasteiger partial charge is 0.379 e. The van der Waals surface area contributed by atoms with Crippen LogP contribution in [-0.4, -0.2) is 51.5 Å². The predicted molar refractivity (Wildman–Crippen MR) is 121 cm³/mol. The lowest BCUT2D eigenvalue weighted by Gasteiger charge is -2.16. The minimum absolute atomic E-state index is 0. The van der Waals surface area contributed by atoms with Crippen LogP contribution in [0.3, 0.4) is 0 Å². The molecule has 0 spiro atoms. The van der Waals surface area contributed by atoms with Crippen molar-refractivity contribution in [3.63, 3.8) is 0 Å². The molecule has 0 amide bonds. The van der Waals surface area contributed by atoms with Crippen LogP contribution in [0.5, 0.6) is 0 Å². The van der Waals surface area contributed by atoms with Gasteiger partial charge in [-0.05, 0) is 50.7 Å². The first-order valence-electron chi connectivity index (χ1n) is 10.2. The van der Waals surface area contributed by atoms with E-state index in [1.165, 1.54) is 0 Å². The summed E-state index contributed by atoms with van der Waals surface area (Å²) in [5.41, 5.74) is 0.671. The van der Waals surface area contributed by atoms with Crippen LogP contribution in [0.1, 0.15) is 44.6 Å². The first kappa shape index (κ1) is 23.3. The lowest BCUT2D eigenvalue weighted by molar-refractivity contribution is 0.0168. The van der Waals surface area contributed by atoms with E-state index in [2.05, 4.69) is 10.6 Å². The van der Waals surface area contributed by atoms with Crippen LogP contribution in [0.25, 0.3) is 0 Å². The average molecular weight is 505 g/mol. The van der Waals surface area contributed by atoms with E-state index in [-0.39, 0.29) is 41.3 Å². The second-order valence-electron chi connectivity index (χ2n) is 7.45. The van der Waals surface area contributed by atoms with Gasteiger partial charge < -0.3 is 20.1 Å². The number of rotatable bonds is 10. The van der Waals surface area contributed by atoms with Crippen LogP contribution in [0, 0.1) is 5.82 Å². The second-order valence-corrected chi connectivity index (χ2v) is 7.45. The molecule has 7 heteroatoms. The molecule has 1 aliphatic carbocycles. The minimum Gasteiger partial charge on any atom is -0.379 e. The Morgan fingerprint density at radius 3 is 2.82 bits per heavy atom. The molecule has 1 atom stereocenters. The van der Waals surface area contributed by atoms with Gasteiger partial charge in [0.25, 0.3) is 0 Å². The standard InChI is InChI=1S/C21H32FN3O2.HI/c1-2-23-20(24-12-6-13-26-15-17-7-5-14-27-17)25-16-21(10-11-21)18-8-3-4-9-19(18)22;/h3-4,8-9,17H,2,5-7,10-16H2,1H3,(H2,23,24,25);1H. The Hall–Kier alpha value is -0.930. The van der Waals surface area contributed by atoms with E-state index in [4.69, 9.17) is 14.5 Å². The van der Waals surface area contributed by atoms with Gasteiger partial charge in [-0.2, -0.15) is 0 Å². The Morgan fingerprint density at radius 1 is 1.32 bits per heavy atom. The third kappa shape index (κ3) is 6.84. The molecule has 0 radical (unpaired) electrons. The quantitative estimate of drug-likeness (QED) is 0.221. The first-order valence-corrected chi connectivity index (χ1v) is 10.2. The molecule has 1 saturated carbocycles. The summed E-state index contributed by atoms with van der Waals surface area (Å²) in [4.78, 5) is 4.71. The molecule has 1 unspecified atom stereocenters.